The number of nitrogens with zero attached hydrogens (tertiary/aromatic N) is 1. The molecule has 1 aromatic rings. The average Bonchev–Trinajstić information content (AvgIpc) is 2.75. The fourth-order valence-electron chi connectivity index (χ4n) is 1.87. The Bertz CT molecular complexity index is 632. The van der Waals surface area contributed by atoms with E-state index in [9.17, 15) is 24.8 Å². The molecule has 0 amide bonds. The number of cyclic esters (lactones) is 1. The molecule has 1 aromatic carbocycles. The third-order valence-corrected chi connectivity index (χ3v) is 2.84. The zero-order valence-corrected chi connectivity index (χ0v) is 10.9. The van der Waals surface area contributed by atoms with Gasteiger partial charge in [0.25, 0.3) is 5.69 Å². The second-order valence-corrected chi connectivity index (χ2v) is 4.12. The molecule has 0 aliphatic carbocycles. The molecule has 1 N–H and O–H groups in total. The third kappa shape index (κ3) is 2.69. The molecule has 8 heteroatoms. The summed E-state index contributed by atoms with van der Waals surface area (Å²) in [6.07, 6.45) is -1.14. The molecule has 2 rings (SSSR count). The van der Waals surface area contributed by atoms with E-state index in [1.165, 1.54) is 24.3 Å². The van der Waals surface area contributed by atoms with Crippen LogP contribution in [0.5, 0.6) is 0 Å². The first-order valence-corrected chi connectivity index (χ1v) is 6.01. The van der Waals surface area contributed by atoms with Crippen LogP contribution in [0.4, 0.5) is 5.69 Å². The number of esters is 2. The van der Waals surface area contributed by atoms with Crippen molar-refractivity contribution in [2.75, 3.05) is 6.61 Å². The number of rotatable bonds is 4. The highest BCUT2D eigenvalue weighted by Crippen LogP contribution is 2.35. The Morgan fingerprint density at radius 3 is 2.57 bits per heavy atom. The minimum Gasteiger partial charge on any atom is -0.501 e. The lowest BCUT2D eigenvalue weighted by atomic mass is 10.0. The van der Waals surface area contributed by atoms with Crippen molar-refractivity contribution < 1.29 is 29.1 Å². The molecule has 0 saturated heterocycles. The van der Waals surface area contributed by atoms with Gasteiger partial charge in [-0.25, -0.2) is 9.59 Å². The van der Waals surface area contributed by atoms with Gasteiger partial charge in [-0.1, -0.05) is 0 Å². The van der Waals surface area contributed by atoms with Crippen LogP contribution in [0.25, 0.3) is 0 Å². The molecule has 8 nitrogen and oxygen atoms in total. The minimum atomic E-state index is -1.14. The normalized spacial score (nSPS) is 17.6. The van der Waals surface area contributed by atoms with Gasteiger partial charge < -0.3 is 14.6 Å². The molecule has 0 bridgehead atoms. The van der Waals surface area contributed by atoms with E-state index in [0.29, 0.717) is 5.56 Å². The molecule has 0 aromatic heterocycles. The molecule has 1 heterocycles. The molecule has 1 aliphatic heterocycles. The summed E-state index contributed by atoms with van der Waals surface area (Å²) in [6.45, 7) is 1.64. The summed E-state index contributed by atoms with van der Waals surface area (Å²) in [7, 11) is 0. The maximum absolute atomic E-state index is 11.8. The first-order chi connectivity index (χ1) is 9.95. The first-order valence-electron chi connectivity index (χ1n) is 6.01. The number of nitro groups is 1. The van der Waals surface area contributed by atoms with Gasteiger partial charge in [0.15, 0.2) is 6.10 Å². The second kappa shape index (κ2) is 5.61. The van der Waals surface area contributed by atoms with Gasteiger partial charge in [0.1, 0.15) is 5.57 Å². The SMILES string of the molecule is CCOC(=O)C1=C(O)C(=O)O[C@H]1c1ccc([N+](=O)[O-])cc1. The largest absolute Gasteiger partial charge is 0.501 e. The second-order valence-electron chi connectivity index (χ2n) is 4.12. The summed E-state index contributed by atoms with van der Waals surface area (Å²) >= 11 is 0. The molecule has 110 valence electrons. The molecule has 1 aliphatic rings. The number of benzene rings is 1. The van der Waals surface area contributed by atoms with E-state index in [-0.39, 0.29) is 17.9 Å². The van der Waals surface area contributed by atoms with E-state index in [4.69, 9.17) is 9.47 Å². The lowest BCUT2D eigenvalue weighted by molar-refractivity contribution is -0.384. The molecule has 0 spiro atoms. The number of aliphatic hydroxyl groups excluding tert-OH is 1. The summed E-state index contributed by atoms with van der Waals surface area (Å²) in [5.74, 6) is -2.72. The monoisotopic (exact) mass is 293 g/mol. The topological polar surface area (TPSA) is 116 Å². The van der Waals surface area contributed by atoms with Gasteiger partial charge in [-0.15, -0.1) is 0 Å². The predicted molar refractivity (Wildman–Crippen MR) is 68.2 cm³/mol. The summed E-state index contributed by atoms with van der Waals surface area (Å²) in [5.41, 5.74) is -0.134. The average molecular weight is 293 g/mol. The van der Waals surface area contributed by atoms with Crippen LogP contribution in [0, 0.1) is 10.1 Å². The Balaban J connectivity index is 2.36. The molecule has 1 atom stereocenters. The molecule has 0 unspecified atom stereocenters. The quantitative estimate of drug-likeness (QED) is 0.508. The summed E-state index contributed by atoms with van der Waals surface area (Å²) in [6, 6.07) is 5.10. The zero-order chi connectivity index (χ0) is 15.6. The number of aliphatic hydroxyl groups is 1. The molecule has 0 saturated carbocycles. The summed E-state index contributed by atoms with van der Waals surface area (Å²) in [5, 5.41) is 20.2. The van der Waals surface area contributed by atoms with Gasteiger partial charge in [-0.05, 0) is 24.6 Å². The van der Waals surface area contributed by atoms with E-state index >= 15 is 0 Å². The summed E-state index contributed by atoms with van der Waals surface area (Å²) in [4.78, 5) is 33.2. The van der Waals surface area contributed by atoms with Gasteiger partial charge >= 0.3 is 11.9 Å². The van der Waals surface area contributed by atoms with E-state index in [1.807, 2.05) is 0 Å². The summed E-state index contributed by atoms with van der Waals surface area (Å²) < 4.78 is 9.67. The lowest BCUT2D eigenvalue weighted by Crippen LogP contribution is -2.14. The maximum Gasteiger partial charge on any atom is 0.375 e. The van der Waals surface area contributed by atoms with Crippen molar-refractivity contribution in [3.8, 4) is 0 Å². The minimum absolute atomic E-state index is 0.0663. The highest BCUT2D eigenvalue weighted by Gasteiger charge is 2.40. The number of ether oxygens (including phenoxy) is 2. The van der Waals surface area contributed by atoms with Gasteiger partial charge in [-0.2, -0.15) is 0 Å². The highest BCUT2D eigenvalue weighted by atomic mass is 16.6. The molecule has 21 heavy (non-hydrogen) atoms. The van der Waals surface area contributed by atoms with Gasteiger partial charge in [0.2, 0.25) is 5.76 Å². The Kier molecular flexibility index (Phi) is 3.88. The van der Waals surface area contributed by atoms with Crippen molar-refractivity contribution in [1.82, 2.24) is 0 Å². The van der Waals surface area contributed by atoms with Crippen LogP contribution >= 0.6 is 0 Å². The van der Waals surface area contributed by atoms with E-state index in [1.54, 1.807) is 6.92 Å². The lowest BCUT2D eigenvalue weighted by Gasteiger charge is -2.12. The number of nitro benzene ring substituents is 1. The van der Waals surface area contributed by atoms with Crippen molar-refractivity contribution in [3.05, 3.63) is 51.3 Å². The molecular weight excluding hydrogens is 282 g/mol. The molecule has 0 fully saturated rings. The first kappa shape index (κ1) is 14.5. The van der Waals surface area contributed by atoms with Crippen LogP contribution in [0.1, 0.15) is 18.6 Å². The zero-order valence-electron chi connectivity index (χ0n) is 10.9. The van der Waals surface area contributed by atoms with Crippen LogP contribution in [0.15, 0.2) is 35.6 Å². The van der Waals surface area contributed by atoms with Gasteiger partial charge in [-0.3, -0.25) is 10.1 Å². The van der Waals surface area contributed by atoms with Crippen LogP contribution in [0.3, 0.4) is 0 Å². The number of hydrogen-bond donors (Lipinski definition) is 1. The van der Waals surface area contributed by atoms with E-state index < -0.39 is 28.7 Å². The number of hydrogen-bond acceptors (Lipinski definition) is 7. The number of carbonyl (C=O) groups excluding carboxylic acids is 2. The maximum atomic E-state index is 11.8. The van der Waals surface area contributed by atoms with Gasteiger partial charge in [0, 0.05) is 12.1 Å². The predicted octanol–water partition coefficient (Wildman–Crippen LogP) is 1.57. The molecular formula is C13H11NO7. The molecule has 0 radical (unpaired) electrons. The van der Waals surface area contributed by atoms with Crippen molar-refractivity contribution in [3.63, 3.8) is 0 Å². The van der Waals surface area contributed by atoms with Crippen LogP contribution in [-0.4, -0.2) is 28.6 Å². The standard InChI is InChI=1S/C13H11NO7/c1-2-20-12(16)9-10(15)13(17)21-11(9)7-3-5-8(6-4-7)14(18)19/h3-6,11,15H,2H2,1H3/t11-/m0/s1. The van der Waals surface area contributed by atoms with Crippen molar-refractivity contribution >= 4 is 17.6 Å². The van der Waals surface area contributed by atoms with E-state index in [0.717, 1.165) is 0 Å². The number of carbonyl (C=O) groups is 2. The van der Waals surface area contributed by atoms with Crippen LogP contribution in [0.2, 0.25) is 0 Å². The van der Waals surface area contributed by atoms with Gasteiger partial charge in [0.05, 0.1) is 11.5 Å². The van der Waals surface area contributed by atoms with Crippen molar-refractivity contribution in [2.24, 2.45) is 0 Å². The Morgan fingerprint density at radius 2 is 2.05 bits per heavy atom. The van der Waals surface area contributed by atoms with Crippen molar-refractivity contribution in [2.45, 2.75) is 13.0 Å². The van der Waals surface area contributed by atoms with E-state index in [2.05, 4.69) is 0 Å². The Hall–Kier alpha value is -2.90. The van der Waals surface area contributed by atoms with Crippen LogP contribution < -0.4 is 0 Å². The Labute approximate surface area is 118 Å². The number of non-ortho nitro benzene ring substituents is 1. The highest BCUT2D eigenvalue weighted by molar-refractivity contribution is 6.02. The smallest absolute Gasteiger partial charge is 0.375 e. The fourth-order valence-corrected chi connectivity index (χ4v) is 1.87. The van der Waals surface area contributed by atoms with Crippen LogP contribution in [-0.2, 0) is 19.1 Å². The van der Waals surface area contributed by atoms with Crippen molar-refractivity contribution in [1.29, 1.82) is 0 Å². The Morgan fingerprint density at radius 1 is 1.43 bits per heavy atom. The fraction of sp³-hybridized carbons (Fsp3) is 0.231. The third-order valence-electron chi connectivity index (χ3n) is 2.84.